The number of esters is 1. The van der Waals surface area contributed by atoms with E-state index in [4.69, 9.17) is 21.1 Å². The maximum Gasteiger partial charge on any atom is 0.346 e. The summed E-state index contributed by atoms with van der Waals surface area (Å²) in [6, 6.07) is 10.6. The van der Waals surface area contributed by atoms with E-state index in [2.05, 4.69) is 4.57 Å². The summed E-state index contributed by atoms with van der Waals surface area (Å²) >= 11 is 6.23. The molecule has 0 saturated heterocycles. The predicted octanol–water partition coefficient (Wildman–Crippen LogP) is 4.60. The molecule has 0 spiro atoms. The number of fused-ring (bicyclic) bond motifs is 1. The van der Waals surface area contributed by atoms with Gasteiger partial charge in [-0.05, 0) is 62.2 Å². The summed E-state index contributed by atoms with van der Waals surface area (Å²) in [6.07, 6.45) is -0.779. The predicted molar refractivity (Wildman–Crippen MR) is 111 cm³/mol. The average Bonchev–Trinajstić information content (AvgIpc) is 2.94. The SMILES string of the molecule is COC(=O)[C@@H](C)Oc1cc(Cn2c(C)c(C)c3cc(C(=O)O)ccc32)ccc1Cl. The third-order valence-electron chi connectivity index (χ3n) is 5.06. The molecule has 152 valence electrons. The summed E-state index contributed by atoms with van der Waals surface area (Å²) in [5.74, 6) is -1.03. The van der Waals surface area contributed by atoms with Gasteiger partial charge in [0.1, 0.15) is 5.75 Å². The number of hydrogen-bond acceptors (Lipinski definition) is 4. The number of hydrogen-bond donors (Lipinski definition) is 1. The van der Waals surface area contributed by atoms with Gasteiger partial charge in [0.15, 0.2) is 6.10 Å². The summed E-state index contributed by atoms with van der Waals surface area (Å²) in [7, 11) is 1.30. The minimum absolute atomic E-state index is 0.261. The average molecular weight is 416 g/mol. The lowest BCUT2D eigenvalue weighted by Gasteiger charge is -2.15. The van der Waals surface area contributed by atoms with Crippen LogP contribution in [0, 0.1) is 13.8 Å². The number of aryl methyl sites for hydroxylation is 1. The largest absolute Gasteiger partial charge is 0.478 e. The molecule has 1 atom stereocenters. The first-order chi connectivity index (χ1) is 13.7. The van der Waals surface area contributed by atoms with Crippen LogP contribution in [0.1, 0.15) is 34.1 Å². The number of methoxy groups -OCH3 is 1. The van der Waals surface area contributed by atoms with E-state index >= 15 is 0 Å². The second-order valence-electron chi connectivity index (χ2n) is 6.88. The Morgan fingerprint density at radius 3 is 2.55 bits per heavy atom. The molecule has 29 heavy (non-hydrogen) atoms. The Bertz CT molecular complexity index is 1100. The van der Waals surface area contributed by atoms with E-state index < -0.39 is 18.0 Å². The second kappa shape index (κ2) is 8.17. The number of aromatic nitrogens is 1. The summed E-state index contributed by atoms with van der Waals surface area (Å²) in [5, 5.41) is 10.6. The molecule has 0 amide bonds. The molecule has 7 heteroatoms. The summed E-state index contributed by atoms with van der Waals surface area (Å²) in [4.78, 5) is 22.9. The maximum atomic E-state index is 11.6. The van der Waals surface area contributed by atoms with Crippen LogP contribution in [0.25, 0.3) is 10.9 Å². The van der Waals surface area contributed by atoms with Gasteiger partial charge in [0.2, 0.25) is 0 Å². The monoisotopic (exact) mass is 415 g/mol. The third kappa shape index (κ3) is 4.07. The molecule has 0 aliphatic rings. The Hall–Kier alpha value is -2.99. The highest BCUT2D eigenvalue weighted by Gasteiger charge is 2.18. The van der Waals surface area contributed by atoms with Crippen LogP contribution in [0.4, 0.5) is 0 Å². The molecule has 0 fully saturated rings. The number of nitrogens with zero attached hydrogens (tertiary/aromatic N) is 1. The fraction of sp³-hybridized carbons (Fsp3) is 0.273. The molecule has 3 rings (SSSR count). The van der Waals surface area contributed by atoms with Gasteiger partial charge >= 0.3 is 11.9 Å². The number of carboxylic acids is 1. The van der Waals surface area contributed by atoms with Crippen molar-refractivity contribution in [3.8, 4) is 5.75 Å². The van der Waals surface area contributed by atoms with E-state index in [9.17, 15) is 14.7 Å². The minimum Gasteiger partial charge on any atom is -0.478 e. The van der Waals surface area contributed by atoms with Crippen molar-refractivity contribution < 1.29 is 24.2 Å². The fourth-order valence-electron chi connectivity index (χ4n) is 3.31. The van der Waals surface area contributed by atoms with Crippen LogP contribution in [-0.2, 0) is 16.1 Å². The van der Waals surface area contributed by atoms with Crippen LogP contribution < -0.4 is 4.74 Å². The van der Waals surface area contributed by atoms with Gasteiger partial charge in [-0.1, -0.05) is 17.7 Å². The van der Waals surface area contributed by atoms with E-state index in [0.717, 1.165) is 27.7 Å². The van der Waals surface area contributed by atoms with Crippen molar-refractivity contribution in [1.82, 2.24) is 4.57 Å². The van der Waals surface area contributed by atoms with Crippen molar-refractivity contribution in [3.05, 3.63) is 63.8 Å². The zero-order valence-corrected chi connectivity index (χ0v) is 17.4. The lowest BCUT2D eigenvalue weighted by Crippen LogP contribution is -2.25. The van der Waals surface area contributed by atoms with E-state index in [1.165, 1.54) is 7.11 Å². The first-order valence-electron chi connectivity index (χ1n) is 9.08. The van der Waals surface area contributed by atoms with E-state index in [0.29, 0.717) is 17.3 Å². The lowest BCUT2D eigenvalue weighted by molar-refractivity contribution is -0.147. The van der Waals surface area contributed by atoms with Gasteiger partial charge in [-0.15, -0.1) is 0 Å². The van der Waals surface area contributed by atoms with Crippen LogP contribution in [0.5, 0.6) is 5.75 Å². The van der Waals surface area contributed by atoms with Crippen molar-refractivity contribution in [2.75, 3.05) is 7.11 Å². The Morgan fingerprint density at radius 2 is 1.90 bits per heavy atom. The van der Waals surface area contributed by atoms with Crippen LogP contribution in [0.2, 0.25) is 5.02 Å². The zero-order chi connectivity index (χ0) is 21.3. The number of halogens is 1. The molecule has 1 aromatic heterocycles. The third-order valence-corrected chi connectivity index (χ3v) is 5.37. The molecular formula is C22H22ClNO5. The summed E-state index contributed by atoms with van der Waals surface area (Å²) < 4.78 is 12.5. The van der Waals surface area contributed by atoms with Crippen molar-refractivity contribution in [2.45, 2.75) is 33.4 Å². The van der Waals surface area contributed by atoms with Crippen molar-refractivity contribution in [2.24, 2.45) is 0 Å². The second-order valence-corrected chi connectivity index (χ2v) is 7.29. The first kappa shape index (κ1) is 20.7. The molecule has 1 heterocycles. The summed E-state index contributed by atoms with van der Waals surface area (Å²) in [5.41, 5.74) is 4.22. The van der Waals surface area contributed by atoms with Crippen LogP contribution in [0.3, 0.4) is 0 Å². The van der Waals surface area contributed by atoms with Gasteiger partial charge in [-0.2, -0.15) is 0 Å². The lowest BCUT2D eigenvalue weighted by atomic mass is 10.1. The Morgan fingerprint density at radius 1 is 1.17 bits per heavy atom. The van der Waals surface area contributed by atoms with Gasteiger partial charge in [-0.25, -0.2) is 9.59 Å². The van der Waals surface area contributed by atoms with Gasteiger partial charge in [-0.3, -0.25) is 0 Å². The number of benzene rings is 2. The van der Waals surface area contributed by atoms with Gasteiger partial charge in [0.25, 0.3) is 0 Å². The molecule has 6 nitrogen and oxygen atoms in total. The molecule has 2 aromatic carbocycles. The molecule has 0 aliphatic carbocycles. The molecular weight excluding hydrogens is 394 g/mol. The highest BCUT2D eigenvalue weighted by molar-refractivity contribution is 6.32. The van der Waals surface area contributed by atoms with E-state index in [-0.39, 0.29) is 5.56 Å². The Labute approximate surface area is 173 Å². The maximum absolute atomic E-state index is 11.6. The molecule has 0 bridgehead atoms. The number of ether oxygens (including phenoxy) is 2. The standard InChI is InChI=1S/C22H22ClNO5/c1-12-13(2)24(19-8-6-16(21(25)26)10-17(12)19)11-15-5-7-18(23)20(9-15)29-14(3)22(27)28-4/h5-10,14H,11H2,1-4H3,(H,25,26)/t14-/m1/s1. The zero-order valence-electron chi connectivity index (χ0n) is 16.7. The molecule has 0 aliphatic heterocycles. The molecule has 1 N–H and O–H groups in total. The molecule has 3 aromatic rings. The quantitative estimate of drug-likeness (QED) is 0.595. The normalized spacial score (nSPS) is 12.0. The smallest absolute Gasteiger partial charge is 0.346 e. The highest BCUT2D eigenvalue weighted by Crippen LogP contribution is 2.30. The van der Waals surface area contributed by atoms with Crippen LogP contribution in [0.15, 0.2) is 36.4 Å². The van der Waals surface area contributed by atoms with Crippen molar-refractivity contribution in [3.63, 3.8) is 0 Å². The number of carboxylic acid groups (broad SMARTS) is 1. The topological polar surface area (TPSA) is 77.8 Å². The minimum atomic E-state index is -0.948. The van der Waals surface area contributed by atoms with Gasteiger partial charge in [0, 0.05) is 23.1 Å². The van der Waals surface area contributed by atoms with Crippen molar-refractivity contribution >= 4 is 34.4 Å². The Kier molecular flexibility index (Phi) is 5.84. The Balaban J connectivity index is 1.97. The molecule has 0 radical (unpaired) electrons. The van der Waals surface area contributed by atoms with Crippen LogP contribution >= 0.6 is 11.6 Å². The van der Waals surface area contributed by atoms with Gasteiger partial charge < -0.3 is 19.1 Å². The number of carbonyl (C=O) groups excluding carboxylic acids is 1. The number of carbonyl (C=O) groups is 2. The number of aromatic carboxylic acids is 1. The molecule has 0 unspecified atom stereocenters. The highest BCUT2D eigenvalue weighted by atomic mass is 35.5. The van der Waals surface area contributed by atoms with E-state index in [1.807, 2.05) is 26.0 Å². The summed E-state index contributed by atoms with van der Waals surface area (Å²) in [6.45, 7) is 6.13. The van der Waals surface area contributed by atoms with Crippen molar-refractivity contribution in [1.29, 1.82) is 0 Å². The number of rotatable bonds is 6. The van der Waals surface area contributed by atoms with Gasteiger partial charge in [0.05, 0.1) is 17.7 Å². The van der Waals surface area contributed by atoms with Crippen LogP contribution in [-0.4, -0.2) is 34.8 Å². The first-order valence-corrected chi connectivity index (χ1v) is 9.46. The molecule has 0 saturated carbocycles. The van der Waals surface area contributed by atoms with E-state index in [1.54, 1.807) is 31.2 Å². The fourth-order valence-corrected chi connectivity index (χ4v) is 3.47.